The second kappa shape index (κ2) is 8.53. The Labute approximate surface area is 189 Å². The van der Waals surface area contributed by atoms with Crippen molar-refractivity contribution in [1.29, 1.82) is 0 Å². The first-order valence-corrected chi connectivity index (χ1v) is 10.4. The Bertz CT molecular complexity index is 1470. The van der Waals surface area contributed by atoms with Gasteiger partial charge in [-0.25, -0.2) is 4.98 Å². The first-order valence-electron chi connectivity index (χ1n) is 9.07. The molecule has 0 radical (unpaired) electrons. The molecule has 0 fully saturated rings. The number of fused-ring (bicyclic) bond motifs is 2. The summed E-state index contributed by atoms with van der Waals surface area (Å²) < 4.78 is 0. The van der Waals surface area contributed by atoms with E-state index in [1.54, 1.807) is 30.5 Å². The highest BCUT2D eigenvalue weighted by Crippen LogP contribution is 2.30. The summed E-state index contributed by atoms with van der Waals surface area (Å²) in [5, 5.41) is 25.9. The van der Waals surface area contributed by atoms with Gasteiger partial charge in [-0.1, -0.05) is 36.5 Å². The summed E-state index contributed by atoms with van der Waals surface area (Å²) in [6, 6.07) is 13.4. The van der Waals surface area contributed by atoms with Crippen molar-refractivity contribution < 1.29 is 9.85 Å². The van der Waals surface area contributed by atoms with E-state index in [-0.39, 0.29) is 21.3 Å². The summed E-state index contributed by atoms with van der Waals surface area (Å²) in [6.07, 6.45) is 1.71. The van der Waals surface area contributed by atoms with E-state index in [1.165, 1.54) is 23.5 Å². The Kier molecular flexibility index (Phi) is 5.62. The van der Waals surface area contributed by atoms with Gasteiger partial charge in [0.2, 0.25) is 0 Å². The molecule has 0 saturated heterocycles. The average molecular weight is 467 g/mol. The van der Waals surface area contributed by atoms with Crippen LogP contribution in [0.15, 0.2) is 60.1 Å². The Morgan fingerprint density at radius 1 is 0.969 bits per heavy atom. The highest BCUT2D eigenvalue weighted by molar-refractivity contribution is 7.80. The van der Waals surface area contributed by atoms with Gasteiger partial charge in [-0.15, -0.1) is 11.3 Å². The van der Waals surface area contributed by atoms with E-state index in [0.29, 0.717) is 16.7 Å². The number of hydrogen-bond acceptors (Lipinski definition) is 7. The molecule has 160 valence electrons. The Morgan fingerprint density at radius 2 is 1.56 bits per heavy atom. The van der Waals surface area contributed by atoms with E-state index in [0.717, 1.165) is 21.5 Å². The Morgan fingerprint density at radius 3 is 2.09 bits per heavy atom. The molecule has 10 nitrogen and oxygen atoms in total. The molecule has 0 aliphatic rings. The standard InChI is InChI=1S/C11H7N3O2S.C9H7N3O2S/c15-14(16)9-3-1-2-7-6-8(13-10(7)9)11-12-4-5-17-11;10-9(15)6-4-5-2-1-3-7(12(13)14)8(5)11-6/h1-6,13H;1-4,11H,(H2,10,15). The fourth-order valence-electron chi connectivity index (χ4n) is 3.19. The minimum atomic E-state index is -0.442. The molecule has 2 aromatic carbocycles. The second-order valence-corrected chi connectivity index (χ2v) is 7.90. The van der Waals surface area contributed by atoms with Crippen molar-refractivity contribution in [2.75, 3.05) is 0 Å². The van der Waals surface area contributed by atoms with Crippen molar-refractivity contribution in [2.24, 2.45) is 5.73 Å². The van der Waals surface area contributed by atoms with Crippen molar-refractivity contribution in [3.63, 3.8) is 0 Å². The van der Waals surface area contributed by atoms with Crippen LogP contribution in [0.5, 0.6) is 0 Å². The zero-order chi connectivity index (χ0) is 22.8. The fourth-order valence-corrected chi connectivity index (χ4v) is 3.91. The van der Waals surface area contributed by atoms with E-state index in [1.807, 2.05) is 17.5 Å². The number of nitro benzene ring substituents is 2. The van der Waals surface area contributed by atoms with Gasteiger partial charge in [0.25, 0.3) is 11.4 Å². The summed E-state index contributed by atoms with van der Waals surface area (Å²) in [5.74, 6) is 0. The molecule has 5 aromatic rings. The number of para-hydroxylation sites is 2. The maximum Gasteiger partial charge on any atom is 0.293 e. The lowest BCUT2D eigenvalue weighted by atomic mass is 10.2. The number of nitrogens with two attached hydrogens (primary N) is 1. The van der Waals surface area contributed by atoms with Gasteiger partial charge in [-0.05, 0) is 12.1 Å². The molecule has 0 atom stereocenters. The van der Waals surface area contributed by atoms with Gasteiger partial charge in [-0.2, -0.15) is 0 Å². The topological polar surface area (TPSA) is 157 Å². The SMILES string of the molecule is NC(=S)c1cc2cccc([N+](=O)[O-])c2[nH]1.O=[N+]([O-])c1cccc2cc(-c3nccs3)[nH]c12. The number of hydrogen-bond donors (Lipinski definition) is 3. The van der Waals surface area contributed by atoms with Crippen molar-refractivity contribution in [3.8, 4) is 10.7 Å². The summed E-state index contributed by atoms with van der Waals surface area (Å²) in [4.78, 5) is 31.0. The van der Waals surface area contributed by atoms with E-state index in [9.17, 15) is 20.2 Å². The lowest BCUT2D eigenvalue weighted by molar-refractivity contribution is -0.383. The summed E-state index contributed by atoms with van der Waals surface area (Å²) in [7, 11) is 0. The number of thiazole rings is 1. The first-order chi connectivity index (χ1) is 15.3. The maximum absolute atomic E-state index is 10.9. The largest absolute Gasteiger partial charge is 0.388 e. The molecule has 0 amide bonds. The molecular formula is C20H14N6O4S2. The van der Waals surface area contributed by atoms with Crippen LogP contribution >= 0.6 is 23.6 Å². The van der Waals surface area contributed by atoms with Gasteiger partial charge in [0.1, 0.15) is 21.0 Å². The molecule has 3 heterocycles. The number of aromatic amines is 2. The normalized spacial score (nSPS) is 10.6. The van der Waals surface area contributed by atoms with Gasteiger partial charge < -0.3 is 15.7 Å². The molecule has 0 spiro atoms. The zero-order valence-corrected chi connectivity index (χ0v) is 17.8. The molecule has 0 aliphatic carbocycles. The van der Waals surface area contributed by atoms with Crippen LogP contribution in [0.4, 0.5) is 11.4 Å². The number of H-pyrrole nitrogens is 2. The quantitative estimate of drug-likeness (QED) is 0.193. The molecule has 4 N–H and O–H groups in total. The van der Waals surface area contributed by atoms with Crippen LogP contribution in [0.25, 0.3) is 32.5 Å². The molecule has 0 unspecified atom stereocenters. The van der Waals surface area contributed by atoms with E-state index in [4.69, 9.17) is 18.0 Å². The number of nitrogens with zero attached hydrogens (tertiary/aromatic N) is 3. The minimum Gasteiger partial charge on any atom is -0.388 e. The minimum absolute atomic E-state index is 0.0231. The smallest absolute Gasteiger partial charge is 0.293 e. The second-order valence-electron chi connectivity index (χ2n) is 6.56. The van der Waals surface area contributed by atoms with Crippen molar-refractivity contribution in [3.05, 3.63) is 86.0 Å². The van der Waals surface area contributed by atoms with E-state index in [2.05, 4.69) is 15.0 Å². The van der Waals surface area contributed by atoms with Gasteiger partial charge in [0.15, 0.2) is 0 Å². The third kappa shape index (κ3) is 4.04. The molecule has 0 saturated carbocycles. The van der Waals surface area contributed by atoms with Gasteiger partial charge >= 0.3 is 0 Å². The molecule has 32 heavy (non-hydrogen) atoms. The van der Waals surface area contributed by atoms with Crippen molar-refractivity contribution >= 4 is 61.7 Å². The van der Waals surface area contributed by atoms with Crippen LogP contribution in [0, 0.1) is 20.2 Å². The highest BCUT2D eigenvalue weighted by Gasteiger charge is 2.15. The maximum atomic E-state index is 10.9. The molecule has 0 bridgehead atoms. The van der Waals surface area contributed by atoms with E-state index >= 15 is 0 Å². The van der Waals surface area contributed by atoms with Gasteiger partial charge in [-0.3, -0.25) is 20.2 Å². The predicted octanol–water partition coefficient (Wildman–Crippen LogP) is 4.91. The molecular weight excluding hydrogens is 452 g/mol. The number of non-ortho nitro benzene ring substituents is 2. The van der Waals surface area contributed by atoms with Crippen molar-refractivity contribution in [2.45, 2.75) is 0 Å². The van der Waals surface area contributed by atoms with Gasteiger partial charge in [0.05, 0.1) is 21.2 Å². The summed E-state index contributed by atoms with van der Waals surface area (Å²) >= 11 is 6.28. The van der Waals surface area contributed by atoms with Gasteiger partial charge in [0, 0.05) is 34.5 Å². The first kappa shape index (κ1) is 21.1. The van der Waals surface area contributed by atoms with Crippen LogP contribution < -0.4 is 5.73 Å². The number of benzene rings is 2. The molecule has 5 rings (SSSR count). The van der Waals surface area contributed by atoms with Crippen LogP contribution in [-0.4, -0.2) is 29.8 Å². The van der Waals surface area contributed by atoms with Crippen LogP contribution in [-0.2, 0) is 0 Å². The number of thiocarbonyl (C=S) groups is 1. The van der Waals surface area contributed by atoms with Crippen LogP contribution in [0.2, 0.25) is 0 Å². The number of aromatic nitrogens is 3. The van der Waals surface area contributed by atoms with Crippen molar-refractivity contribution in [1.82, 2.24) is 15.0 Å². The molecule has 0 aliphatic heterocycles. The third-order valence-electron chi connectivity index (χ3n) is 4.59. The lowest BCUT2D eigenvalue weighted by Crippen LogP contribution is -2.09. The lowest BCUT2D eigenvalue weighted by Gasteiger charge is -1.92. The van der Waals surface area contributed by atoms with E-state index < -0.39 is 4.92 Å². The highest BCUT2D eigenvalue weighted by atomic mass is 32.1. The Balaban J connectivity index is 0.000000155. The summed E-state index contributed by atoms with van der Waals surface area (Å²) in [5.41, 5.74) is 7.88. The van der Waals surface area contributed by atoms with Crippen LogP contribution in [0.1, 0.15) is 5.69 Å². The molecule has 12 heteroatoms. The monoisotopic (exact) mass is 466 g/mol. The zero-order valence-electron chi connectivity index (χ0n) is 16.1. The van der Waals surface area contributed by atoms with Crippen LogP contribution in [0.3, 0.4) is 0 Å². The summed E-state index contributed by atoms with van der Waals surface area (Å²) in [6.45, 7) is 0. The molecule has 3 aromatic heterocycles. The third-order valence-corrected chi connectivity index (χ3v) is 5.62. The number of nitrogens with one attached hydrogen (secondary N) is 2. The number of rotatable bonds is 4. The average Bonchev–Trinajstić information content (AvgIpc) is 3.51. The fraction of sp³-hybridized carbons (Fsp3) is 0. The number of nitro groups is 2. The Hall–Kier alpha value is -4.16. The predicted molar refractivity (Wildman–Crippen MR) is 127 cm³/mol.